The van der Waals surface area contributed by atoms with Gasteiger partial charge in [-0.3, -0.25) is 9.88 Å². The molecule has 9 heteroatoms. The summed E-state index contributed by atoms with van der Waals surface area (Å²) in [5, 5.41) is 2.86. The van der Waals surface area contributed by atoms with Gasteiger partial charge in [0.1, 0.15) is 6.33 Å². The zero-order valence-corrected chi connectivity index (χ0v) is 22.8. The van der Waals surface area contributed by atoms with E-state index in [2.05, 4.69) is 47.9 Å². The molecule has 1 atom stereocenters. The number of hydrogen-bond acceptors (Lipinski definition) is 7. The fourth-order valence-electron chi connectivity index (χ4n) is 5.27. The van der Waals surface area contributed by atoms with E-state index in [9.17, 15) is 4.79 Å². The van der Waals surface area contributed by atoms with Crippen molar-refractivity contribution < 1.29 is 9.53 Å². The molecule has 9 nitrogen and oxygen atoms in total. The Morgan fingerprint density at radius 1 is 1.13 bits per heavy atom. The fourth-order valence-corrected chi connectivity index (χ4v) is 5.27. The highest BCUT2D eigenvalue weighted by atomic mass is 16.6. The van der Waals surface area contributed by atoms with Crippen molar-refractivity contribution in [2.24, 2.45) is 7.05 Å². The van der Waals surface area contributed by atoms with Crippen LogP contribution in [0.1, 0.15) is 58.3 Å². The van der Waals surface area contributed by atoms with Crippen LogP contribution in [-0.2, 0) is 33.0 Å². The van der Waals surface area contributed by atoms with Crippen molar-refractivity contribution in [3.05, 3.63) is 101 Å². The summed E-state index contributed by atoms with van der Waals surface area (Å²) in [4.78, 5) is 32.4. The normalized spacial score (nSPS) is 14.7. The van der Waals surface area contributed by atoms with Crippen molar-refractivity contribution in [2.75, 3.05) is 6.54 Å². The molecule has 1 amide bonds. The zero-order valence-electron chi connectivity index (χ0n) is 22.8. The standard InChI is InChI=1S/C30H35N7O2/c1-21-29(22(2)35-19-34-21)39-30(38)33-16-23-7-4-8-24(15-23)18-37(14-12-26-17-31-20-36(26)3)27-11-5-9-25-10-6-13-32-28(25)27/h4,6-8,10,13,15,17,19-20,27H,5,9,11-12,14,16,18H2,1-3H3,(H,33,38). The smallest absolute Gasteiger partial charge is 0.406 e. The second-order valence-electron chi connectivity index (χ2n) is 10.1. The maximum absolute atomic E-state index is 12.5. The van der Waals surface area contributed by atoms with Crippen molar-refractivity contribution in [3.63, 3.8) is 0 Å². The number of rotatable bonds is 9. The predicted octanol–water partition coefficient (Wildman–Crippen LogP) is 4.63. The number of imidazole rings is 1. The average molecular weight is 526 g/mol. The van der Waals surface area contributed by atoms with Crippen LogP contribution >= 0.6 is 0 Å². The Hall–Kier alpha value is -4.11. The van der Waals surface area contributed by atoms with Crippen LogP contribution in [0, 0.1) is 13.8 Å². The number of aromatic nitrogens is 5. The molecule has 5 rings (SSSR count). The van der Waals surface area contributed by atoms with Crippen LogP contribution in [0.2, 0.25) is 0 Å². The third-order valence-corrected chi connectivity index (χ3v) is 7.35. The quantitative estimate of drug-likeness (QED) is 0.340. The van der Waals surface area contributed by atoms with E-state index in [1.165, 1.54) is 28.8 Å². The molecule has 202 valence electrons. The minimum absolute atomic E-state index is 0.263. The highest BCUT2D eigenvalue weighted by Crippen LogP contribution is 2.34. The Kier molecular flexibility index (Phi) is 8.27. The molecule has 1 aromatic carbocycles. The number of fused-ring (bicyclic) bond motifs is 1. The number of benzene rings is 1. The molecule has 3 heterocycles. The summed E-state index contributed by atoms with van der Waals surface area (Å²) < 4.78 is 7.57. The van der Waals surface area contributed by atoms with E-state index in [1.807, 2.05) is 44.0 Å². The van der Waals surface area contributed by atoms with Crippen LogP contribution in [0.3, 0.4) is 0 Å². The van der Waals surface area contributed by atoms with Gasteiger partial charge >= 0.3 is 6.09 Å². The second-order valence-corrected chi connectivity index (χ2v) is 10.1. The second kappa shape index (κ2) is 12.2. The van der Waals surface area contributed by atoms with E-state index in [0.717, 1.165) is 44.3 Å². The third-order valence-electron chi connectivity index (χ3n) is 7.35. The summed E-state index contributed by atoms with van der Waals surface area (Å²) in [6.07, 6.45) is 10.9. The molecule has 0 radical (unpaired) electrons. The maximum atomic E-state index is 12.5. The molecule has 4 aromatic rings. The summed E-state index contributed by atoms with van der Waals surface area (Å²) in [7, 11) is 2.04. The van der Waals surface area contributed by atoms with Crippen LogP contribution in [0.25, 0.3) is 0 Å². The lowest BCUT2D eigenvalue weighted by molar-refractivity contribution is 0.167. The molecule has 0 bridgehead atoms. The highest BCUT2D eigenvalue weighted by Gasteiger charge is 2.27. The molecule has 1 aliphatic rings. The van der Waals surface area contributed by atoms with Gasteiger partial charge in [0, 0.05) is 51.2 Å². The number of carbonyl (C=O) groups excluding carboxylic acids is 1. The number of nitrogens with one attached hydrogen (secondary N) is 1. The summed E-state index contributed by atoms with van der Waals surface area (Å²) >= 11 is 0. The van der Waals surface area contributed by atoms with Crippen molar-refractivity contribution in [1.29, 1.82) is 0 Å². The lowest BCUT2D eigenvalue weighted by Crippen LogP contribution is -2.33. The summed E-state index contributed by atoms with van der Waals surface area (Å²) in [6, 6.07) is 12.9. The van der Waals surface area contributed by atoms with E-state index < -0.39 is 6.09 Å². The summed E-state index contributed by atoms with van der Waals surface area (Å²) in [6.45, 7) is 5.63. The number of aryl methyl sites for hydroxylation is 4. The number of hydrogen-bond donors (Lipinski definition) is 1. The Morgan fingerprint density at radius 3 is 2.74 bits per heavy atom. The van der Waals surface area contributed by atoms with Crippen LogP contribution < -0.4 is 10.1 Å². The van der Waals surface area contributed by atoms with Crippen molar-refractivity contribution in [1.82, 2.24) is 34.7 Å². The van der Waals surface area contributed by atoms with E-state index in [0.29, 0.717) is 23.7 Å². The average Bonchev–Trinajstić information content (AvgIpc) is 3.36. The van der Waals surface area contributed by atoms with E-state index in [4.69, 9.17) is 9.72 Å². The molecular formula is C30H35N7O2. The lowest BCUT2D eigenvalue weighted by Gasteiger charge is -2.35. The monoisotopic (exact) mass is 525 g/mol. The SMILES string of the molecule is Cc1ncnc(C)c1OC(=O)NCc1cccc(CN(CCc2cncn2C)C2CCCc3cccnc32)c1. The summed E-state index contributed by atoms with van der Waals surface area (Å²) in [5.41, 5.74) is 7.22. The predicted molar refractivity (Wildman–Crippen MR) is 148 cm³/mol. The fraction of sp³-hybridized carbons (Fsp3) is 0.367. The minimum atomic E-state index is -0.524. The Morgan fingerprint density at radius 2 is 1.95 bits per heavy atom. The van der Waals surface area contributed by atoms with Crippen LogP contribution in [0.15, 0.2) is 61.4 Å². The van der Waals surface area contributed by atoms with Gasteiger partial charge in [-0.25, -0.2) is 19.7 Å². The van der Waals surface area contributed by atoms with Crippen LogP contribution in [-0.4, -0.2) is 42.0 Å². The highest BCUT2D eigenvalue weighted by molar-refractivity contribution is 5.70. The Balaban J connectivity index is 1.29. The molecule has 0 spiro atoms. The van der Waals surface area contributed by atoms with Gasteiger partial charge in [-0.15, -0.1) is 0 Å². The number of nitrogens with zero attached hydrogens (tertiary/aromatic N) is 6. The van der Waals surface area contributed by atoms with Gasteiger partial charge in [0.15, 0.2) is 5.75 Å². The lowest BCUT2D eigenvalue weighted by atomic mass is 9.90. The maximum Gasteiger partial charge on any atom is 0.412 e. The first-order valence-electron chi connectivity index (χ1n) is 13.4. The number of carbonyl (C=O) groups is 1. The molecule has 1 unspecified atom stereocenters. The van der Waals surface area contributed by atoms with Gasteiger partial charge in [0.2, 0.25) is 0 Å². The van der Waals surface area contributed by atoms with Crippen molar-refractivity contribution >= 4 is 6.09 Å². The molecule has 0 fully saturated rings. The van der Waals surface area contributed by atoms with E-state index in [1.54, 1.807) is 13.8 Å². The first kappa shape index (κ1) is 26.5. The van der Waals surface area contributed by atoms with Gasteiger partial charge < -0.3 is 14.6 Å². The van der Waals surface area contributed by atoms with Gasteiger partial charge in [0.05, 0.1) is 29.5 Å². The first-order valence-corrected chi connectivity index (χ1v) is 13.4. The van der Waals surface area contributed by atoms with E-state index in [-0.39, 0.29) is 6.04 Å². The molecular weight excluding hydrogens is 490 g/mol. The van der Waals surface area contributed by atoms with Gasteiger partial charge in [-0.05, 0) is 55.9 Å². The Bertz CT molecular complexity index is 1410. The van der Waals surface area contributed by atoms with Crippen molar-refractivity contribution in [3.8, 4) is 5.75 Å². The molecule has 3 aromatic heterocycles. The first-order chi connectivity index (χ1) is 19.0. The van der Waals surface area contributed by atoms with Gasteiger partial charge in [-0.2, -0.15) is 0 Å². The molecule has 1 N–H and O–H groups in total. The minimum Gasteiger partial charge on any atom is -0.406 e. The van der Waals surface area contributed by atoms with Crippen LogP contribution in [0.4, 0.5) is 4.79 Å². The Labute approximate surface area is 229 Å². The van der Waals surface area contributed by atoms with E-state index >= 15 is 0 Å². The van der Waals surface area contributed by atoms with Crippen molar-refractivity contribution in [2.45, 2.75) is 58.7 Å². The molecule has 1 aliphatic carbocycles. The molecule has 0 saturated carbocycles. The number of ether oxygens (including phenoxy) is 1. The topological polar surface area (TPSA) is 98.1 Å². The molecule has 39 heavy (non-hydrogen) atoms. The summed E-state index contributed by atoms with van der Waals surface area (Å²) in [5.74, 6) is 0.397. The molecule has 0 saturated heterocycles. The number of amides is 1. The third kappa shape index (κ3) is 6.49. The van der Waals surface area contributed by atoms with Gasteiger partial charge in [0.25, 0.3) is 0 Å². The molecule has 0 aliphatic heterocycles. The van der Waals surface area contributed by atoms with Crippen LogP contribution in [0.5, 0.6) is 5.75 Å². The largest absolute Gasteiger partial charge is 0.412 e. The number of pyridine rings is 1. The van der Waals surface area contributed by atoms with Gasteiger partial charge in [-0.1, -0.05) is 30.3 Å². The zero-order chi connectivity index (χ0) is 27.2.